The van der Waals surface area contributed by atoms with Gasteiger partial charge < -0.3 is 20.9 Å². The highest BCUT2D eigenvalue weighted by Crippen LogP contribution is 2.31. The number of nitrogens with zero attached hydrogens (tertiary/aromatic N) is 3. The molecule has 2 aliphatic carbocycles. The number of halogens is 2. The molecular weight excluding hydrogens is 447 g/mol. The van der Waals surface area contributed by atoms with Gasteiger partial charge in [-0.25, -0.2) is 9.78 Å². The standard InChI is InChI=1S/C23H30Cl2N6O/c1-31(2)21-16-6-3-4-8-18(16)28-22(30-21)26-14-10-12-15(13-11-14)27-23(32)29-19-9-5-7-17(24)20(19)25/h5,7,9,14-15H,3-4,6,8,10-13H2,1-2H3,(H,26,28,30)(H2,27,29,32)/t14-,15+. The number of rotatable bonds is 5. The van der Waals surface area contributed by atoms with Gasteiger partial charge >= 0.3 is 6.03 Å². The minimum atomic E-state index is -0.265. The first-order valence-electron chi connectivity index (χ1n) is 11.3. The minimum Gasteiger partial charge on any atom is -0.362 e. The molecule has 1 heterocycles. The van der Waals surface area contributed by atoms with Gasteiger partial charge in [-0.3, -0.25) is 0 Å². The number of hydrogen-bond acceptors (Lipinski definition) is 5. The molecular formula is C23H30Cl2N6O. The molecule has 0 radical (unpaired) electrons. The lowest BCUT2D eigenvalue weighted by Gasteiger charge is -2.30. The number of amides is 2. The van der Waals surface area contributed by atoms with Crippen LogP contribution in [0.1, 0.15) is 49.8 Å². The van der Waals surface area contributed by atoms with E-state index in [1.807, 2.05) is 14.1 Å². The van der Waals surface area contributed by atoms with Crippen LogP contribution in [0.2, 0.25) is 10.0 Å². The van der Waals surface area contributed by atoms with E-state index >= 15 is 0 Å². The summed E-state index contributed by atoms with van der Waals surface area (Å²) in [4.78, 5) is 24.1. The van der Waals surface area contributed by atoms with Crippen LogP contribution in [0, 0.1) is 0 Å². The third-order valence-electron chi connectivity index (χ3n) is 6.18. The van der Waals surface area contributed by atoms with Gasteiger partial charge in [-0.15, -0.1) is 0 Å². The van der Waals surface area contributed by atoms with Crippen molar-refractivity contribution in [2.45, 2.75) is 63.5 Å². The van der Waals surface area contributed by atoms with Crippen LogP contribution in [0.4, 0.5) is 22.2 Å². The van der Waals surface area contributed by atoms with E-state index in [1.54, 1.807) is 18.2 Å². The maximum Gasteiger partial charge on any atom is 0.319 e. The number of urea groups is 1. The van der Waals surface area contributed by atoms with Gasteiger partial charge in [-0.05, 0) is 63.5 Å². The number of hydrogen-bond donors (Lipinski definition) is 3. The van der Waals surface area contributed by atoms with E-state index in [0.717, 1.165) is 50.3 Å². The number of carbonyl (C=O) groups is 1. The van der Waals surface area contributed by atoms with Gasteiger partial charge in [0, 0.05) is 31.7 Å². The molecule has 0 unspecified atom stereocenters. The molecule has 172 valence electrons. The highest BCUT2D eigenvalue weighted by Gasteiger charge is 2.25. The molecule has 32 heavy (non-hydrogen) atoms. The summed E-state index contributed by atoms with van der Waals surface area (Å²) in [5.74, 6) is 1.75. The van der Waals surface area contributed by atoms with Crippen molar-refractivity contribution in [3.8, 4) is 0 Å². The second-order valence-corrected chi connectivity index (χ2v) is 9.58. The molecule has 1 fully saturated rings. The predicted octanol–water partition coefficient (Wildman–Crippen LogP) is 5.27. The van der Waals surface area contributed by atoms with Crippen LogP contribution in [0.25, 0.3) is 0 Å². The molecule has 1 aromatic heterocycles. The van der Waals surface area contributed by atoms with E-state index in [0.29, 0.717) is 21.8 Å². The molecule has 0 aliphatic heterocycles. The highest BCUT2D eigenvalue weighted by atomic mass is 35.5. The normalized spacial score (nSPS) is 20.2. The van der Waals surface area contributed by atoms with Gasteiger partial charge in [0.15, 0.2) is 0 Å². The quantitative estimate of drug-likeness (QED) is 0.547. The lowest BCUT2D eigenvalue weighted by atomic mass is 9.91. The number of nitrogens with one attached hydrogen (secondary N) is 3. The van der Waals surface area contributed by atoms with Gasteiger partial charge in [0.2, 0.25) is 5.95 Å². The Morgan fingerprint density at radius 1 is 1.03 bits per heavy atom. The molecule has 7 nitrogen and oxygen atoms in total. The Bertz CT molecular complexity index is 975. The molecule has 0 saturated heterocycles. The zero-order valence-electron chi connectivity index (χ0n) is 18.5. The third kappa shape index (κ3) is 5.38. The Hall–Kier alpha value is -2.25. The van der Waals surface area contributed by atoms with E-state index in [2.05, 4.69) is 20.9 Å². The van der Waals surface area contributed by atoms with E-state index in [9.17, 15) is 4.79 Å². The van der Waals surface area contributed by atoms with E-state index < -0.39 is 0 Å². The van der Waals surface area contributed by atoms with Crippen LogP contribution in [0.15, 0.2) is 18.2 Å². The van der Waals surface area contributed by atoms with E-state index in [4.69, 9.17) is 33.2 Å². The number of aryl methyl sites for hydroxylation is 1. The molecule has 2 aromatic rings. The molecule has 4 rings (SSSR count). The second kappa shape index (κ2) is 10.1. The summed E-state index contributed by atoms with van der Waals surface area (Å²) in [5.41, 5.74) is 2.99. The van der Waals surface area contributed by atoms with Gasteiger partial charge in [0.05, 0.1) is 21.4 Å². The van der Waals surface area contributed by atoms with Crippen LogP contribution in [0.3, 0.4) is 0 Å². The highest BCUT2D eigenvalue weighted by molar-refractivity contribution is 6.43. The maximum absolute atomic E-state index is 12.4. The molecule has 9 heteroatoms. The Balaban J connectivity index is 1.31. The predicted molar refractivity (Wildman–Crippen MR) is 131 cm³/mol. The van der Waals surface area contributed by atoms with Crippen molar-refractivity contribution >= 4 is 46.7 Å². The van der Waals surface area contributed by atoms with Crippen LogP contribution in [-0.2, 0) is 12.8 Å². The van der Waals surface area contributed by atoms with Crippen molar-refractivity contribution in [3.63, 3.8) is 0 Å². The van der Waals surface area contributed by atoms with Gasteiger partial charge in [0.1, 0.15) is 5.82 Å². The van der Waals surface area contributed by atoms with Crippen molar-refractivity contribution in [2.75, 3.05) is 29.6 Å². The molecule has 1 saturated carbocycles. The van der Waals surface area contributed by atoms with Crippen LogP contribution in [-0.4, -0.2) is 42.2 Å². The van der Waals surface area contributed by atoms with Crippen molar-refractivity contribution in [2.24, 2.45) is 0 Å². The monoisotopic (exact) mass is 476 g/mol. The van der Waals surface area contributed by atoms with Gasteiger partial charge in [-0.2, -0.15) is 4.98 Å². The molecule has 2 aliphatic rings. The maximum atomic E-state index is 12.4. The SMILES string of the molecule is CN(C)c1nc(N[C@H]2CC[C@@H](NC(=O)Nc3cccc(Cl)c3Cl)CC2)nc2c1CCCC2. The van der Waals surface area contributed by atoms with Crippen LogP contribution < -0.4 is 20.9 Å². The number of carbonyl (C=O) groups excluding carboxylic acids is 1. The smallest absolute Gasteiger partial charge is 0.319 e. The average molecular weight is 477 g/mol. The van der Waals surface area contributed by atoms with Gasteiger partial charge in [-0.1, -0.05) is 29.3 Å². The number of aromatic nitrogens is 2. The summed E-state index contributed by atoms with van der Waals surface area (Å²) in [6.45, 7) is 0. The fourth-order valence-corrected chi connectivity index (χ4v) is 4.87. The molecule has 3 N–H and O–H groups in total. The fraction of sp³-hybridized carbons (Fsp3) is 0.522. The zero-order valence-corrected chi connectivity index (χ0v) is 20.1. The number of anilines is 3. The second-order valence-electron chi connectivity index (χ2n) is 8.79. The Morgan fingerprint density at radius 2 is 1.75 bits per heavy atom. The Kier molecular flexibility index (Phi) is 7.26. The lowest BCUT2D eigenvalue weighted by molar-refractivity contribution is 0.243. The topological polar surface area (TPSA) is 82.2 Å². The van der Waals surface area contributed by atoms with Crippen molar-refractivity contribution in [1.82, 2.24) is 15.3 Å². The Morgan fingerprint density at radius 3 is 2.50 bits per heavy atom. The largest absolute Gasteiger partial charge is 0.362 e. The molecule has 0 atom stereocenters. The van der Waals surface area contributed by atoms with E-state index in [1.165, 1.54) is 24.1 Å². The van der Waals surface area contributed by atoms with Crippen molar-refractivity contribution in [1.29, 1.82) is 0 Å². The third-order valence-corrected chi connectivity index (χ3v) is 7.00. The first-order valence-corrected chi connectivity index (χ1v) is 12.0. The average Bonchev–Trinajstić information content (AvgIpc) is 2.77. The summed E-state index contributed by atoms with van der Waals surface area (Å²) >= 11 is 12.2. The molecule has 0 spiro atoms. The summed E-state index contributed by atoms with van der Waals surface area (Å²) in [6.07, 6.45) is 8.15. The zero-order chi connectivity index (χ0) is 22.7. The summed E-state index contributed by atoms with van der Waals surface area (Å²) in [5, 5.41) is 10.1. The van der Waals surface area contributed by atoms with Crippen LogP contribution >= 0.6 is 23.2 Å². The summed E-state index contributed by atoms with van der Waals surface area (Å²) < 4.78 is 0. The first-order chi connectivity index (χ1) is 15.4. The van der Waals surface area contributed by atoms with Crippen molar-refractivity contribution < 1.29 is 4.79 Å². The van der Waals surface area contributed by atoms with Gasteiger partial charge in [0.25, 0.3) is 0 Å². The van der Waals surface area contributed by atoms with E-state index in [-0.39, 0.29) is 12.1 Å². The number of fused-ring (bicyclic) bond motifs is 1. The number of benzene rings is 1. The molecule has 1 aromatic carbocycles. The van der Waals surface area contributed by atoms with Crippen LogP contribution in [0.5, 0.6) is 0 Å². The first kappa shape index (κ1) is 22.9. The van der Waals surface area contributed by atoms with Crippen molar-refractivity contribution in [3.05, 3.63) is 39.5 Å². The fourth-order valence-electron chi connectivity index (χ4n) is 4.52. The minimum absolute atomic E-state index is 0.118. The Labute approximate surface area is 199 Å². The lowest BCUT2D eigenvalue weighted by Crippen LogP contribution is -2.42. The molecule has 2 amide bonds. The molecule has 0 bridgehead atoms. The summed E-state index contributed by atoms with van der Waals surface area (Å²) in [6, 6.07) is 5.33. The summed E-state index contributed by atoms with van der Waals surface area (Å²) in [7, 11) is 4.08.